The summed E-state index contributed by atoms with van der Waals surface area (Å²) in [5.74, 6) is -2.07. The Labute approximate surface area is 137 Å². The van der Waals surface area contributed by atoms with Gasteiger partial charge in [0.2, 0.25) is 0 Å². The molecule has 1 heterocycles. The van der Waals surface area contributed by atoms with E-state index < -0.39 is 11.9 Å². The van der Waals surface area contributed by atoms with Gasteiger partial charge in [-0.3, -0.25) is 4.79 Å². The molecule has 6 heteroatoms. The average Bonchev–Trinajstić information content (AvgIpc) is 3.06. The second kappa shape index (κ2) is 9.32. The van der Waals surface area contributed by atoms with Gasteiger partial charge in [-0.1, -0.05) is 19.1 Å². The van der Waals surface area contributed by atoms with Crippen LogP contribution in [-0.2, 0) is 4.79 Å². The third-order valence-electron chi connectivity index (χ3n) is 2.68. The van der Waals surface area contributed by atoms with Crippen LogP contribution in [0, 0.1) is 0 Å². The largest absolute Gasteiger partial charge is 0.478 e. The van der Waals surface area contributed by atoms with Gasteiger partial charge in [-0.15, -0.1) is 11.3 Å². The molecule has 1 aromatic heterocycles. The molecule has 0 aliphatic carbocycles. The monoisotopic (exact) mass is 332 g/mol. The number of hydrogen-bond donors (Lipinski definition) is 2. The molecule has 0 atom stereocenters. The maximum Gasteiger partial charge on any atom is 0.335 e. The maximum atomic E-state index is 10.8. The molecular weight excluding hydrogens is 316 g/mol. The van der Waals surface area contributed by atoms with Gasteiger partial charge in [0.25, 0.3) is 0 Å². The van der Waals surface area contributed by atoms with Gasteiger partial charge in [0.05, 0.1) is 11.1 Å². The zero-order chi connectivity index (χ0) is 17.2. The number of ketones is 1. The molecule has 0 aliphatic rings. The zero-order valence-corrected chi connectivity index (χ0v) is 13.2. The van der Waals surface area contributed by atoms with Gasteiger partial charge in [-0.25, -0.2) is 9.59 Å². The van der Waals surface area contributed by atoms with E-state index in [-0.39, 0.29) is 16.9 Å². The quantitative estimate of drug-likeness (QED) is 0.812. The highest BCUT2D eigenvalue weighted by atomic mass is 32.1. The van der Waals surface area contributed by atoms with Crippen molar-refractivity contribution >= 4 is 35.1 Å². The third-order valence-corrected chi connectivity index (χ3v) is 3.52. The van der Waals surface area contributed by atoms with E-state index in [9.17, 15) is 14.4 Å². The second-order valence-corrected chi connectivity index (χ2v) is 5.34. The Bertz CT molecular complexity index is 672. The van der Waals surface area contributed by atoms with Gasteiger partial charge in [0.15, 0.2) is 5.78 Å². The van der Waals surface area contributed by atoms with Gasteiger partial charge >= 0.3 is 11.9 Å². The molecule has 0 radical (unpaired) electrons. The first-order valence-electron chi connectivity index (χ1n) is 6.75. The van der Waals surface area contributed by atoms with Crippen molar-refractivity contribution in [2.45, 2.75) is 13.3 Å². The van der Waals surface area contributed by atoms with Gasteiger partial charge in [0.1, 0.15) is 0 Å². The topological polar surface area (TPSA) is 91.7 Å². The molecule has 0 fully saturated rings. The minimum atomic E-state index is -1.13. The Morgan fingerprint density at radius 2 is 1.65 bits per heavy atom. The van der Waals surface area contributed by atoms with Crippen molar-refractivity contribution in [1.29, 1.82) is 0 Å². The molecule has 23 heavy (non-hydrogen) atoms. The van der Waals surface area contributed by atoms with Gasteiger partial charge in [-0.2, -0.15) is 0 Å². The van der Waals surface area contributed by atoms with Crippen molar-refractivity contribution in [3.63, 3.8) is 0 Å². The summed E-state index contributed by atoms with van der Waals surface area (Å²) >= 11 is 1.64. The summed E-state index contributed by atoms with van der Waals surface area (Å²) in [5.41, 5.74) is -0.0372. The third kappa shape index (κ3) is 6.71. The number of rotatable bonds is 5. The van der Waals surface area contributed by atoms with E-state index in [2.05, 4.69) is 0 Å². The summed E-state index contributed by atoms with van der Waals surface area (Å²) < 4.78 is 0. The molecule has 0 saturated carbocycles. The SMILES string of the molecule is CCC(=O)C=Cc1cccs1.O=C(O)c1cccc(C(=O)O)c1. The van der Waals surface area contributed by atoms with E-state index in [0.29, 0.717) is 6.42 Å². The Kier molecular flexibility index (Phi) is 7.42. The van der Waals surface area contributed by atoms with E-state index in [1.165, 1.54) is 18.2 Å². The van der Waals surface area contributed by atoms with Crippen LogP contribution < -0.4 is 0 Å². The number of benzene rings is 1. The number of carbonyl (C=O) groups is 3. The van der Waals surface area contributed by atoms with Gasteiger partial charge in [-0.05, 0) is 41.8 Å². The average molecular weight is 332 g/mol. The minimum Gasteiger partial charge on any atom is -0.478 e. The maximum absolute atomic E-state index is 10.8. The van der Waals surface area contributed by atoms with Gasteiger partial charge in [0, 0.05) is 11.3 Å². The summed E-state index contributed by atoms with van der Waals surface area (Å²) in [6.07, 6.45) is 4.07. The molecule has 2 rings (SSSR count). The summed E-state index contributed by atoms with van der Waals surface area (Å²) in [6, 6.07) is 9.16. The van der Waals surface area contributed by atoms with Crippen LogP contribution in [0.1, 0.15) is 38.9 Å². The first-order chi connectivity index (χ1) is 10.9. The van der Waals surface area contributed by atoms with E-state index in [0.717, 1.165) is 10.9 Å². The molecule has 5 nitrogen and oxygen atoms in total. The van der Waals surface area contributed by atoms with Crippen LogP contribution in [0.25, 0.3) is 6.08 Å². The van der Waals surface area contributed by atoms with Crippen LogP contribution in [0.15, 0.2) is 47.9 Å². The lowest BCUT2D eigenvalue weighted by Gasteiger charge is -1.95. The van der Waals surface area contributed by atoms with E-state index in [4.69, 9.17) is 10.2 Å². The molecule has 0 aliphatic heterocycles. The van der Waals surface area contributed by atoms with Crippen molar-refractivity contribution in [3.8, 4) is 0 Å². The van der Waals surface area contributed by atoms with E-state index >= 15 is 0 Å². The standard InChI is InChI=1S/C9H10OS.C8H6O4/c1-2-8(10)5-6-9-4-3-7-11-9;9-7(10)5-2-1-3-6(4-5)8(11)12/h3-7H,2H2,1H3;1-4H,(H,9,10)(H,11,12). The van der Waals surface area contributed by atoms with Crippen LogP contribution >= 0.6 is 11.3 Å². The molecule has 0 saturated heterocycles. The Morgan fingerprint density at radius 3 is 2.09 bits per heavy atom. The molecule has 2 aromatic rings. The van der Waals surface area contributed by atoms with Crippen LogP contribution in [0.3, 0.4) is 0 Å². The number of carbonyl (C=O) groups excluding carboxylic acids is 1. The molecule has 0 bridgehead atoms. The summed E-state index contributed by atoms with van der Waals surface area (Å²) in [6.45, 7) is 1.86. The molecule has 0 unspecified atom stereocenters. The Hall–Kier alpha value is -2.73. The Morgan fingerprint density at radius 1 is 1.04 bits per heavy atom. The fourth-order valence-corrected chi connectivity index (χ4v) is 2.08. The van der Waals surface area contributed by atoms with Crippen LogP contribution in [-0.4, -0.2) is 27.9 Å². The molecule has 0 spiro atoms. The number of carboxylic acids is 2. The van der Waals surface area contributed by atoms with Crippen molar-refractivity contribution in [2.75, 3.05) is 0 Å². The highest BCUT2D eigenvalue weighted by molar-refractivity contribution is 7.10. The van der Waals surface area contributed by atoms with E-state index in [1.54, 1.807) is 17.4 Å². The first-order valence-corrected chi connectivity index (χ1v) is 7.63. The minimum absolute atomic E-state index is 0.0186. The van der Waals surface area contributed by atoms with Gasteiger partial charge < -0.3 is 10.2 Å². The Balaban J connectivity index is 0.000000231. The first kappa shape index (κ1) is 18.3. The fourth-order valence-electron chi connectivity index (χ4n) is 1.46. The lowest BCUT2D eigenvalue weighted by atomic mass is 10.1. The summed E-state index contributed by atoms with van der Waals surface area (Å²) in [4.78, 5) is 32.7. The van der Waals surface area contributed by atoms with Crippen LogP contribution in [0.5, 0.6) is 0 Å². The fraction of sp³-hybridized carbons (Fsp3) is 0.118. The predicted octanol–water partition coefficient (Wildman–Crippen LogP) is 3.82. The second-order valence-electron chi connectivity index (χ2n) is 4.36. The molecule has 2 N–H and O–H groups in total. The number of thiophene rings is 1. The van der Waals surface area contributed by atoms with Crippen LogP contribution in [0.4, 0.5) is 0 Å². The number of allylic oxidation sites excluding steroid dienone is 1. The highest BCUT2D eigenvalue weighted by Crippen LogP contribution is 2.10. The van der Waals surface area contributed by atoms with E-state index in [1.807, 2.05) is 30.5 Å². The molecule has 120 valence electrons. The lowest BCUT2D eigenvalue weighted by molar-refractivity contribution is -0.114. The molecule has 0 amide bonds. The van der Waals surface area contributed by atoms with Crippen molar-refractivity contribution < 1.29 is 24.6 Å². The highest BCUT2D eigenvalue weighted by Gasteiger charge is 2.06. The van der Waals surface area contributed by atoms with Crippen LogP contribution in [0.2, 0.25) is 0 Å². The normalized spacial score (nSPS) is 9.96. The predicted molar refractivity (Wildman–Crippen MR) is 89.0 cm³/mol. The number of hydrogen-bond acceptors (Lipinski definition) is 4. The molecule has 1 aromatic carbocycles. The smallest absolute Gasteiger partial charge is 0.335 e. The van der Waals surface area contributed by atoms with Crippen molar-refractivity contribution in [1.82, 2.24) is 0 Å². The van der Waals surface area contributed by atoms with Crippen molar-refractivity contribution in [3.05, 3.63) is 63.9 Å². The van der Waals surface area contributed by atoms with Crippen molar-refractivity contribution in [2.24, 2.45) is 0 Å². The number of aromatic carboxylic acids is 2. The lowest BCUT2D eigenvalue weighted by Crippen LogP contribution is -2.01. The summed E-state index contributed by atoms with van der Waals surface area (Å²) in [5, 5.41) is 19.0. The summed E-state index contributed by atoms with van der Waals surface area (Å²) in [7, 11) is 0. The molecular formula is C17H16O5S. The number of carboxylic acid groups (broad SMARTS) is 2. The zero-order valence-electron chi connectivity index (χ0n) is 12.4.